The van der Waals surface area contributed by atoms with Gasteiger partial charge in [0.05, 0.1) is 8.95 Å². The molecule has 1 aromatic rings. The highest BCUT2D eigenvalue weighted by Crippen LogP contribution is 2.33. The van der Waals surface area contributed by atoms with Crippen molar-refractivity contribution in [2.45, 2.75) is 33.2 Å². The minimum Gasteiger partial charge on any atom is -0.506 e. The minimum absolute atomic E-state index is 0.175. The lowest BCUT2D eigenvalue weighted by atomic mass is 9.88. The molecule has 0 unspecified atom stereocenters. The largest absolute Gasteiger partial charge is 0.506 e. The molecule has 0 aliphatic carbocycles. The summed E-state index contributed by atoms with van der Waals surface area (Å²) in [7, 11) is 0. The monoisotopic (exact) mass is 393 g/mol. The summed E-state index contributed by atoms with van der Waals surface area (Å²) in [4.78, 5) is 0. The lowest BCUT2D eigenvalue weighted by molar-refractivity contribution is 0.236. The average Bonchev–Trinajstić information content (AvgIpc) is 2.33. The van der Waals surface area contributed by atoms with Crippen LogP contribution in [0.1, 0.15) is 32.3 Å². The van der Waals surface area contributed by atoms with Gasteiger partial charge < -0.3 is 15.5 Å². The van der Waals surface area contributed by atoms with Gasteiger partial charge in [0.15, 0.2) is 0 Å². The summed E-state index contributed by atoms with van der Waals surface area (Å²) in [6.45, 7) is 6.28. The van der Waals surface area contributed by atoms with Crippen molar-refractivity contribution in [2.75, 3.05) is 13.2 Å². The van der Waals surface area contributed by atoms with Crippen LogP contribution < -0.4 is 5.32 Å². The highest BCUT2D eigenvalue weighted by atomic mass is 79.9. The Balaban J connectivity index is 2.49. The Bertz CT molecular complexity index is 399. The van der Waals surface area contributed by atoms with Gasteiger partial charge in [0.25, 0.3) is 0 Å². The number of phenols is 1. The highest BCUT2D eigenvalue weighted by Gasteiger charge is 2.16. The second-order valence-corrected chi connectivity index (χ2v) is 7.21. The maximum absolute atomic E-state index is 9.64. The molecule has 0 saturated carbocycles. The van der Waals surface area contributed by atoms with Gasteiger partial charge in [-0.2, -0.15) is 0 Å². The number of aromatic hydroxyl groups is 1. The summed E-state index contributed by atoms with van der Waals surface area (Å²) in [5.74, 6) is 0.229. The Hall–Kier alpha value is -0.100. The van der Waals surface area contributed by atoms with E-state index in [1.165, 1.54) is 0 Å². The van der Waals surface area contributed by atoms with Crippen LogP contribution in [0.25, 0.3) is 0 Å². The van der Waals surface area contributed by atoms with Crippen LogP contribution in [0.3, 0.4) is 0 Å². The summed E-state index contributed by atoms with van der Waals surface area (Å²) in [5.41, 5.74) is 1.28. The number of nitrogens with one attached hydrogen (secondary N) is 1. The fourth-order valence-electron chi connectivity index (χ4n) is 1.91. The van der Waals surface area contributed by atoms with Crippen molar-refractivity contribution in [3.63, 3.8) is 0 Å². The highest BCUT2D eigenvalue weighted by molar-refractivity contribution is 9.11. The average molecular weight is 395 g/mol. The van der Waals surface area contributed by atoms with E-state index in [-0.39, 0.29) is 17.8 Å². The van der Waals surface area contributed by atoms with E-state index >= 15 is 0 Å². The molecule has 0 aliphatic rings. The predicted octanol–water partition coefficient (Wildman–Crippen LogP) is 3.81. The third-order valence-corrected chi connectivity index (χ3v) is 4.23. The molecule has 19 heavy (non-hydrogen) atoms. The fourth-order valence-corrected chi connectivity index (χ4v) is 3.19. The maximum atomic E-state index is 9.64. The van der Waals surface area contributed by atoms with Crippen molar-refractivity contribution in [3.8, 4) is 5.75 Å². The molecule has 0 saturated heterocycles. The SMILES string of the molecule is CC(C)(CCCO)CNCc1cc(Br)c(O)c(Br)c1. The number of aliphatic hydroxyl groups excluding tert-OH is 1. The third-order valence-electron chi connectivity index (χ3n) is 3.02. The van der Waals surface area contributed by atoms with Gasteiger partial charge in [-0.3, -0.25) is 0 Å². The van der Waals surface area contributed by atoms with Gasteiger partial charge in [0.1, 0.15) is 5.75 Å². The fraction of sp³-hybridized carbons (Fsp3) is 0.571. The van der Waals surface area contributed by atoms with Crippen molar-refractivity contribution in [1.29, 1.82) is 0 Å². The topological polar surface area (TPSA) is 52.5 Å². The number of rotatable bonds is 7. The van der Waals surface area contributed by atoms with Crippen molar-refractivity contribution >= 4 is 31.9 Å². The molecular formula is C14H21Br2NO2. The number of hydrogen-bond acceptors (Lipinski definition) is 3. The first-order chi connectivity index (χ1) is 8.85. The van der Waals surface area contributed by atoms with Gasteiger partial charge >= 0.3 is 0 Å². The van der Waals surface area contributed by atoms with Crippen LogP contribution >= 0.6 is 31.9 Å². The first-order valence-electron chi connectivity index (χ1n) is 6.34. The van der Waals surface area contributed by atoms with E-state index in [4.69, 9.17) is 5.11 Å². The van der Waals surface area contributed by atoms with Crippen LogP contribution in [-0.2, 0) is 6.54 Å². The second kappa shape index (κ2) is 7.62. The molecule has 0 heterocycles. The Labute approximate surface area is 131 Å². The van der Waals surface area contributed by atoms with Gasteiger partial charge in [0, 0.05) is 19.7 Å². The van der Waals surface area contributed by atoms with Gasteiger partial charge in [-0.15, -0.1) is 0 Å². The molecule has 0 aromatic heterocycles. The molecule has 1 rings (SSSR count). The van der Waals surface area contributed by atoms with Crippen LogP contribution in [0.2, 0.25) is 0 Å². The zero-order valence-electron chi connectivity index (χ0n) is 11.3. The zero-order valence-corrected chi connectivity index (χ0v) is 14.5. The molecule has 0 amide bonds. The summed E-state index contributed by atoms with van der Waals surface area (Å²) in [5, 5.41) is 21.9. The maximum Gasteiger partial charge on any atom is 0.143 e. The predicted molar refractivity (Wildman–Crippen MR) is 85.3 cm³/mol. The van der Waals surface area contributed by atoms with Crippen molar-refractivity contribution in [1.82, 2.24) is 5.32 Å². The molecular weight excluding hydrogens is 374 g/mol. The Kier molecular flexibility index (Phi) is 6.80. The van der Waals surface area contributed by atoms with E-state index in [1.807, 2.05) is 12.1 Å². The second-order valence-electron chi connectivity index (χ2n) is 5.50. The Morgan fingerprint density at radius 1 is 1.21 bits per heavy atom. The van der Waals surface area contributed by atoms with Gasteiger partial charge in [0.2, 0.25) is 0 Å². The lowest BCUT2D eigenvalue weighted by Gasteiger charge is -2.24. The van der Waals surface area contributed by atoms with Crippen molar-refractivity contribution < 1.29 is 10.2 Å². The summed E-state index contributed by atoms with van der Waals surface area (Å²) < 4.78 is 1.39. The van der Waals surface area contributed by atoms with E-state index in [0.717, 1.165) is 31.5 Å². The lowest BCUT2D eigenvalue weighted by Crippen LogP contribution is -2.29. The van der Waals surface area contributed by atoms with E-state index < -0.39 is 0 Å². The third kappa shape index (κ3) is 5.81. The first-order valence-corrected chi connectivity index (χ1v) is 7.93. The molecule has 1 aromatic carbocycles. The van der Waals surface area contributed by atoms with Crippen LogP contribution in [0.5, 0.6) is 5.75 Å². The summed E-state index contributed by atoms with van der Waals surface area (Å²) >= 11 is 6.65. The van der Waals surface area contributed by atoms with Crippen molar-refractivity contribution in [3.05, 3.63) is 26.6 Å². The number of halogens is 2. The van der Waals surface area contributed by atoms with E-state index in [9.17, 15) is 5.11 Å². The smallest absolute Gasteiger partial charge is 0.143 e. The molecule has 108 valence electrons. The van der Waals surface area contributed by atoms with Gasteiger partial charge in [-0.25, -0.2) is 0 Å². The number of hydrogen-bond donors (Lipinski definition) is 3. The molecule has 0 spiro atoms. The molecule has 0 bridgehead atoms. The van der Waals surface area contributed by atoms with E-state index in [2.05, 4.69) is 51.0 Å². The normalized spacial score (nSPS) is 11.8. The summed E-state index contributed by atoms with van der Waals surface area (Å²) in [6, 6.07) is 3.82. The number of benzene rings is 1. The van der Waals surface area contributed by atoms with Gasteiger partial charge in [-0.1, -0.05) is 13.8 Å². The molecule has 5 heteroatoms. The first kappa shape index (κ1) is 17.0. The van der Waals surface area contributed by atoms with Crippen LogP contribution in [0.4, 0.5) is 0 Å². The summed E-state index contributed by atoms with van der Waals surface area (Å²) in [6.07, 6.45) is 1.84. The van der Waals surface area contributed by atoms with Crippen LogP contribution in [0, 0.1) is 5.41 Å². The van der Waals surface area contributed by atoms with E-state index in [1.54, 1.807) is 0 Å². The molecule has 3 N–H and O–H groups in total. The minimum atomic E-state index is 0.175. The molecule has 0 radical (unpaired) electrons. The van der Waals surface area contributed by atoms with E-state index in [0.29, 0.717) is 8.95 Å². The molecule has 3 nitrogen and oxygen atoms in total. The number of aliphatic hydroxyl groups is 1. The Morgan fingerprint density at radius 3 is 2.32 bits per heavy atom. The zero-order chi connectivity index (χ0) is 14.5. The molecule has 0 fully saturated rings. The van der Waals surface area contributed by atoms with Crippen molar-refractivity contribution in [2.24, 2.45) is 5.41 Å². The molecule has 0 aliphatic heterocycles. The van der Waals surface area contributed by atoms with Crippen LogP contribution in [0.15, 0.2) is 21.1 Å². The quantitative estimate of drug-likeness (QED) is 0.659. The standard InChI is InChI=1S/C14H21Br2NO2/c1-14(2,4-3-5-18)9-17-8-10-6-11(15)13(19)12(16)7-10/h6-7,17-19H,3-5,8-9H2,1-2H3. The Morgan fingerprint density at radius 2 is 1.79 bits per heavy atom. The van der Waals surface area contributed by atoms with Crippen LogP contribution in [-0.4, -0.2) is 23.4 Å². The number of phenolic OH excluding ortho intramolecular Hbond substituents is 1. The van der Waals surface area contributed by atoms with Gasteiger partial charge in [-0.05, 0) is 67.8 Å². The molecule has 0 atom stereocenters.